The summed E-state index contributed by atoms with van der Waals surface area (Å²) in [6, 6.07) is 2.44. The van der Waals surface area contributed by atoms with Gasteiger partial charge in [-0.2, -0.15) is 0 Å². The lowest BCUT2D eigenvalue weighted by molar-refractivity contribution is 0.0559. The molecule has 0 amide bonds. The van der Waals surface area contributed by atoms with Gasteiger partial charge in [-0.1, -0.05) is 0 Å². The molecule has 106 valence electrons. The molecule has 2 rings (SSSR count). The minimum absolute atomic E-state index is 0.313. The second-order valence-corrected chi connectivity index (χ2v) is 5.13. The van der Waals surface area contributed by atoms with Crippen molar-refractivity contribution in [1.82, 2.24) is 10.2 Å². The number of aryl methyl sites for hydroxylation is 1. The minimum atomic E-state index is -0.411. The number of nitrogens with one attached hydrogen (secondary N) is 1. The van der Waals surface area contributed by atoms with E-state index in [2.05, 4.69) is 17.3 Å². The Morgan fingerprint density at radius 1 is 1.63 bits per heavy atom. The predicted molar refractivity (Wildman–Crippen MR) is 72.1 cm³/mol. The maximum Gasteiger partial charge on any atom is 0.374 e. The van der Waals surface area contributed by atoms with Crippen LogP contribution < -0.4 is 5.32 Å². The van der Waals surface area contributed by atoms with E-state index in [1.165, 1.54) is 20.0 Å². The molecular weight excluding hydrogens is 244 g/mol. The average molecular weight is 266 g/mol. The zero-order chi connectivity index (χ0) is 13.8. The first-order valence-electron chi connectivity index (χ1n) is 6.70. The van der Waals surface area contributed by atoms with Crippen molar-refractivity contribution < 1.29 is 13.9 Å². The number of carbonyl (C=O) groups excluding carboxylic acids is 1. The van der Waals surface area contributed by atoms with E-state index in [9.17, 15) is 4.79 Å². The van der Waals surface area contributed by atoms with Crippen LogP contribution >= 0.6 is 0 Å². The van der Waals surface area contributed by atoms with Gasteiger partial charge in [-0.05, 0) is 39.4 Å². The Morgan fingerprint density at radius 2 is 2.42 bits per heavy atom. The largest absolute Gasteiger partial charge is 0.463 e. The minimum Gasteiger partial charge on any atom is -0.463 e. The third kappa shape index (κ3) is 3.36. The molecule has 19 heavy (non-hydrogen) atoms. The molecule has 1 aromatic rings. The Hall–Kier alpha value is -1.33. The molecule has 1 fully saturated rings. The summed E-state index contributed by atoms with van der Waals surface area (Å²) in [4.78, 5) is 13.8. The fourth-order valence-electron chi connectivity index (χ4n) is 2.51. The molecule has 1 N–H and O–H groups in total. The van der Waals surface area contributed by atoms with E-state index >= 15 is 0 Å². The zero-order valence-corrected chi connectivity index (χ0v) is 11.9. The van der Waals surface area contributed by atoms with Crippen LogP contribution in [0.3, 0.4) is 0 Å². The number of nitrogens with zero attached hydrogens (tertiary/aromatic N) is 1. The molecule has 1 aromatic heterocycles. The van der Waals surface area contributed by atoms with Gasteiger partial charge in [-0.25, -0.2) is 4.79 Å². The van der Waals surface area contributed by atoms with Crippen molar-refractivity contribution in [3.8, 4) is 0 Å². The van der Waals surface area contributed by atoms with Crippen LogP contribution in [0.4, 0.5) is 0 Å². The van der Waals surface area contributed by atoms with Crippen LogP contribution in [0.25, 0.3) is 0 Å². The number of esters is 1. The van der Waals surface area contributed by atoms with Crippen molar-refractivity contribution in [2.24, 2.45) is 0 Å². The number of carbonyl (C=O) groups is 1. The molecule has 1 saturated heterocycles. The van der Waals surface area contributed by atoms with Crippen LogP contribution in [0.1, 0.15) is 34.7 Å². The van der Waals surface area contributed by atoms with Crippen molar-refractivity contribution in [2.75, 3.05) is 27.2 Å². The van der Waals surface area contributed by atoms with E-state index in [0.29, 0.717) is 18.3 Å². The van der Waals surface area contributed by atoms with Crippen LogP contribution in [0.15, 0.2) is 10.5 Å². The molecule has 1 aliphatic rings. The van der Waals surface area contributed by atoms with Gasteiger partial charge in [0.25, 0.3) is 0 Å². The molecule has 5 nitrogen and oxygen atoms in total. The molecule has 0 spiro atoms. The van der Waals surface area contributed by atoms with Gasteiger partial charge in [-0.3, -0.25) is 4.90 Å². The molecule has 0 radical (unpaired) electrons. The van der Waals surface area contributed by atoms with Crippen LogP contribution in [0.2, 0.25) is 0 Å². The molecule has 1 aliphatic heterocycles. The summed E-state index contributed by atoms with van der Waals surface area (Å²) in [5.74, 6) is 0.712. The van der Waals surface area contributed by atoms with Gasteiger partial charge in [0.15, 0.2) is 0 Å². The normalized spacial score (nSPS) is 19.7. The highest BCUT2D eigenvalue weighted by Crippen LogP contribution is 2.19. The Bertz CT molecular complexity index is 436. The third-order valence-corrected chi connectivity index (χ3v) is 3.64. The Morgan fingerprint density at radius 3 is 3.05 bits per heavy atom. The van der Waals surface area contributed by atoms with Crippen LogP contribution in [-0.2, 0) is 11.3 Å². The number of ether oxygens (including phenoxy) is 1. The summed E-state index contributed by atoms with van der Waals surface area (Å²) in [5, 5.41) is 3.40. The van der Waals surface area contributed by atoms with Gasteiger partial charge in [0.05, 0.1) is 13.7 Å². The maximum absolute atomic E-state index is 11.5. The lowest BCUT2D eigenvalue weighted by Crippen LogP contribution is -2.43. The van der Waals surface area contributed by atoms with Crippen LogP contribution in [0, 0.1) is 6.92 Å². The first kappa shape index (κ1) is 14.1. The van der Waals surface area contributed by atoms with E-state index in [0.717, 1.165) is 24.4 Å². The lowest BCUT2D eigenvalue weighted by atomic mass is 10.1. The van der Waals surface area contributed by atoms with Crippen molar-refractivity contribution >= 4 is 5.97 Å². The monoisotopic (exact) mass is 266 g/mol. The van der Waals surface area contributed by atoms with Gasteiger partial charge < -0.3 is 14.5 Å². The Labute approximate surface area is 113 Å². The zero-order valence-electron chi connectivity index (χ0n) is 11.9. The van der Waals surface area contributed by atoms with Crippen LogP contribution in [-0.4, -0.2) is 44.2 Å². The summed E-state index contributed by atoms with van der Waals surface area (Å²) in [5.41, 5.74) is 0.831. The number of furan rings is 1. The lowest BCUT2D eigenvalue weighted by Gasteiger charge is -2.30. The van der Waals surface area contributed by atoms with E-state index in [4.69, 9.17) is 9.15 Å². The van der Waals surface area contributed by atoms with Crippen molar-refractivity contribution in [1.29, 1.82) is 0 Å². The highest BCUT2D eigenvalue weighted by Gasteiger charge is 2.21. The fraction of sp³-hybridized carbons (Fsp3) is 0.643. The van der Waals surface area contributed by atoms with Gasteiger partial charge in [0.2, 0.25) is 5.76 Å². The van der Waals surface area contributed by atoms with E-state index < -0.39 is 5.97 Å². The SMILES string of the molecule is COC(=O)c1oc(CN(C)C2CCCNC2)cc1C. The summed E-state index contributed by atoms with van der Waals surface area (Å²) in [6.07, 6.45) is 2.41. The van der Waals surface area contributed by atoms with Gasteiger partial charge >= 0.3 is 5.97 Å². The first-order chi connectivity index (χ1) is 9.11. The van der Waals surface area contributed by atoms with Crippen molar-refractivity contribution in [3.63, 3.8) is 0 Å². The summed E-state index contributed by atoms with van der Waals surface area (Å²) < 4.78 is 10.3. The van der Waals surface area contributed by atoms with E-state index in [-0.39, 0.29) is 0 Å². The topological polar surface area (TPSA) is 54.7 Å². The number of rotatable bonds is 4. The molecule has 0 saturated carbocycles. The summed E-state index contributed by atoms with van der Waals surface area (Å²) in [7, 11) is 3.46. The summed E-state index contributed by atoms with van der Waals surface area (Å²) in [6.45, 7) is 4.70. The molecule has 1 atom stereocenters. The fourth-order valence-corrected chi connectivity index (χ4v) is 2.51. The standard InChI is InChI=1S/C14H22N2O3/c1-10-7-12(19-13(10)14(17)18-3)9-16(2)11-5-4-6-15-8-11/h7,11,15H,4-6,8-9H2,1-3H3. The number of methoxy groups -OCH3 is 1. The highest BCUT2D eigenvalue weighted by atomic mass is 16.5. The van der Waals surface area contributed by atoms with Gasteiger partial charge in [0, 0.05) is 18.2 Å². The second kappa shape index (κ2) is 6.21. The van der Waals surface area contributed by atoms with Crippen molar-refractivity contribution in [3.05, 3.63) is 23.2 Å². The molecule has 5 heteroatoms. The van der Waals surface area contributed by atoms with Crippen LogP contribution in [0.5, 0.6) is 0 Å². The summed E-state index contributed by atoms with van der Waals surface area (Å²) >= 11 is 0. The van der Waals surface area contributed by atoms with E-state index in [1.54, 1.807) is 0 Å². The average Bonchev–Trinajstić information content (AvgIpc) is 2.79. The molecule has 0 aliphatic carbocycles. The van der Waals surface area contributed by atoms with E-state index in [1.807, 2.05) is 13.0 Å². The molecular formula is C14H22N2O3. The molecule has 0 bridgehead atoms. The number of likely N-dealkylation sites (N-methyl/N-ethyl adjacent to an activating group) is 1. The molecule has 1 unspecified atom stereocenters. The van der Waals surface area contributed by atoms with Gasteiger partial charge in [-0.15, -0.1) is 0 Å². The highest BCUT2D eigenvalue weighted by molar-refractivity contribution is 5.87. The Kier molecular flexibility index (Phi) is 4.61. The number of hydrogen-bond donors (Lipinski definition) is 1. The van der Waals surface area contributed by atoms with Crippen molar-refractivity contribution in [2.45, 2.75) is 32.4 Å². The van der Waals surface area contributed by atoms with Gasteiger partial charge in [0.1, 0.15) is 5.76 Å². The number of piperidine rings is 1. The predicted octanol–water partition coefficient (Wildman–Crippen LogP) is 1.56. The third-order valence-electron chi connectivity index (χ3n) is 3.64. The Balaban J connectivity index is 2.00. The smallest absolute Gasteiger partial charge is 0.374 e. The molecule has 0 aromatic carbocycles. The second-order valence-electron chi connectivity index (χ2n) is 5.13. The quantitative estimate of drug-likeness (QED) is 0.838. The molecule has 2 heterocycles. The first-order valence-corrected chi connectivity index (χ1v) is 6.70. The number of hydrogen-bond acceptors (Lipinski definition) is 5. The maximum atomic E-state index is 11.5.